The number of β-amino-alcohol motifs (C(OH)–C–C–N with tert-alkyl or cyclic N) is 1. The Hall–Kier alpha value is -1.10. The number of morpholine rings is 1. The average molecular weight is 400 g/mol. The molecule has 0 amide bonds. The lowest BCUT2D eigenvalue weighted by atomic mass is 9.48. The van der Waals surface area contributed by atoms with E-state index in [4.69, 9.17) is 9.47 Å². The van der Waals surface area contributed by atoms with Gasteiger partial charge in [-0.05, 0) is 93.2 Å². The van der Waals surface area contributed by atoms with Crippen molar-refractivity contribution in [2.75, 3.05) is 26.2 Å². The first-order valence-electron chi connectivity index (χ1n) is 11.8. The number of aliphatic hydroxyl groups is 1. The van der Waals surface area contributed by atoms with Gasteiger partial charge < -0.3 is 14.6 Å². The molecule has 4 heteroatoms. The Morgan fingerprint density at radius 3 is 2.10 bits per heavy atom. The van der Waals surface area contributed by atoms with Gasteiger partial charge in [0.25, 0.3) is 0 Å². The van der Waals surface area contributed by atoms with E-state index in [1.807, 2.05) is 0 Å². The Balaban J connectivity index is 1.15. The third-order valence-corrected chi connectivity index (χ3v) is 7.91. The molecule has 1 saturated heterocycles. The maximum Gasteiger partial charge on any atom is 0.119 e. The Morgan fingerprint density at radius 2 is 1.55 bits per heavy atom. The molecule has 5 fully saturated rings. The Kier molecular flexibility index (Phi) is 5.38. The van der Waals surface area contributed by atoms with Gasteiger partial charge in [0.1, 0.15) is 18.5 Å². The van der Waals surface area contributed by atoms with Crippen LogP contribution in [0, 0.1) is 17.8 Å². The van der Waals surface area contributed by atoms with E-state index in [0.717, 1.165) is 36.6 Å². The molecule has 5 aliphatic rings. The lowest BCUT2D eigenvalue weighted by Crippen LogP contribution is -2.48. The van der Waals surface area contributed by atoms with Gasteiger partial charge in [-0.3, -0.25) is 4.90 Å². The second kappa shape index (κ2) is 7.86. The van der Waals surface area contributed by atoms with E-state index < -0.39 is 6.10 Å². The summed E-state index contributed by atoms with van der Waals surface area (Å²) in [5.74, 6) is 3.79. The molecule has 1 N–H and O–H groups in total. The molecule has 160 valence electrons. The first-order valence-corrected chi connectivity index (χ1v) is 11.8. The molecule has 4 bridgehead atoms. The van der Waals surface area contributed by atoms with Crippen LogP contribution >= 0.6 is 0 Å². The maximum absolute atomic E-state index is 10.4. The van der Waals surface area contributed by atoms with Gasteiger partial charge in [0.15, 0.2) is 0 Å². The third kappa shape index (κ3) is 4.22. The first-order chi connectivity index (χ1) is 14.0. The quantitative estimate of drug-likeness (QED) is 0.785. The fourth-order valence-corrected chi connectivity index (χ4v) is 7.35. The predicted molar refractivity (Wildman–Crippen MR) is 114 cm³/mol. The molecule has 4 saturated carbocycles. The topological polar surface area (TPSA) is 41.9 Å². The van der Waals surface area contributed by atoms with Crippen LogP contribution in [0.3, 0.4) is 0 Å². The van der Waals surface area contributed by atoms with Crippen LogP contribution in [0.2, 0.25) is 0 Å². The van der Waals surface area contributed by atoms with Crippen molar-refractivity contribution in [3.63, 3.8) is 0 Å². The zero-order chi connectivity index (χ0) is 20.0. The minimum Gasteiger partial charge on any atom is -0.491 e. The molecular weight excluding hydrogens is 362 g/mol. The van der Waals surface area contributed by atoms with E-state index in [9.17, 15) is 5.11 Å². The van der Waals surface area contributed by atoms with Gasteiger partial charge in [-0.2, -0.15) is 0 Å². The largest absolute Gasteiger partial charge is 0.491 e. The first kappa shape index (κ1) is 19.8. The summed E-state index contributed by atoms with van der Waals surface area (Å²) < 4.78 is 11.7. The van der Waals surface area contributed by atoms with Crippen LogP contribution in [-0.2, 0) is 10.2 Å². The van der Waals surface area contributed by atoms with Crippen molar-refractivity contribution in [2.45, 2.75) is 76.1 Å². The highest BCUT2D eigenvalue weighted by Gasteiger charge is 2.51. The molecule has 3 unspecified atom stereocenters. The summed E-state index contributed by atoms with van der Waals surface area (Å²) in [5, 5.41) is 10.4. The maximum atomic E-state index is 10.4. The van der Waals surface area contributed by atoms with Gasteiger partial charge in [0, 0.05) is 19.6 Å². The van der Waals surface area contributed by atoms with E-state index in [1.54, 1.807) is 0 Å². The number of aliphatic hydroxyl groups excluding tert-OH is 1. The van der Waals surface area contributed by atoms with Gasteiger partial charge in [-0.1, -0.05) is 12.1 Å². The van der Waals surface area contributed by atoms with E-state index in [0.29, 0.717) is 18.6 Å². The fourth-order valence-electron chi connectivity index (χ4n) is 7.35. The molecule has 4 nitrogen and oxygen atoms in total. The summed E-state index contributed by atoms with van der Waals surface area (Å²) in [6.45, 7) is 6.93. The van der Waals surface area contributed by atoms with Crippen LogP contribution < -0.4 is 4.74 Å². The molecular formula is C25H37NO3. The van der Waals surface area contributed by atoms with Gasteiger partial charge in [0.2, 0.25) is 0 Å². The highest BCUT2D eigenvalue weighted by molar-refractivity contribution is 5.34. The molecule has 4 aliphatic carbocycles. The van der Waals surface area contributed by atoms with E-state index in [-0.39, 0.29) is 12.2 Å². The van der Waals surface area contributed by atoms with Crippen molar-refractivity contribution in [1.29, 1.82) is 0 Å². The average Bonchev–Trinajstić information content (AvgIpc) is 2.65. The van der Waals surface area contributed by atoms with Crippen LogP contribution in [0.25, 0.3) is 0 Å². The van der Waals surface area contributed by atoms with Crippen molar-refractivity contribution in [1.82, 2.24) is 4.90 Å². The summed E-state index contributed by atoms with van der Waals surface area (Å²) in [7, 11) is 0. The standard InChI is InChI=1S/C25H37NO3/c1-17-13-26(14-18(2)29-17)15-23(27)16-28-24-5-3-22(4-6-24)25-10-19-7-20(11-25)9-21(8-19)12-25/h3-6,17-21,23,27H,7-16H2,1-2H3. The summed E-state index contributed by atoms with van der Waals surface area (Å²) in [6, 6.07) is 8.86. The SMILES string of the molecule is CC1CN(CC(O)COc2ccc(C34CC5CC(CC(C5)C3)C4)cc2)CC(C)O1. The van der Waals surface area contributed by atoms with Crippen molar-refractivity contribution in [3.05, 3.63) is 29.8 Å². The van der Waals surface area contributed by atoms with Gasteiger partial charge >= 0.3 is 0 Å². The van der Waals surface area contributed by atoms with Crippen molar-refractivity contribution >= 4 is 0 Å². The summed E-state index contributed by atoms with van der Waals surface area (Å²) >= 11 is 0. The highest BCUT2D eigenvalue weighted by Crippen LogP contribution is 2.60. The second-order valence-corrected chi connectivity index (χ2v) is 10.7. The zero-order valence-electron chi connectivity index (χ0n) is 18.1. The second-order valence-electron chi connectivity index (χ2n) is 10.7. The molecule has 29 heavy (non-hydrogen) atoms. The van der Waals surface area contributed by atoms with Crippen LogP contribution in [0.1, 0.15) is 57.9 Å². The number of ether oxygens (including phenoxy) is 2. The van der Waals surface area contributed by atoms with Gasteiger partial charge in [-0.25, -0.2) is 0 Å². The molecule has 0 aromatic heterocycles. The molecule has 1 heterocycles. The lowest BCUT2D eigenvalue weighted by molar-refractivity contribution is -0.0786. The Labute approximate surface area is 175 Å². The fraction of sp³-hybridized carbons (Fsp3) is 0.760. The van der Waals surface area contributed by atoms with Crippen LogP contribution in [0.5, 0.6) is 5.75 Å². The van der Waals surface area contributed by atoms with Crippen LogP contribution in [-0.4, -0.2) is 54.6 Å². The number of nitrogens with zero attached hydrogens (tertiary/aromatic N) is 1. The Bertz CT molecular complexity index is 657. The van der Waals surface area contributed by atoms with E-state index in [2.05, 4.69) is 43.0 Å². The van der Waals surface area contributed by atoms with E-state index in [1.165, 1.54) is 44.1 Å². The monoisotopic (exact) mass is 399 g/mol. The van der Waals surface area contributed by atoms with Crippen molar-refractivity contribution in [3.8, 4) is 5.75 Å². The molecule has 1 aliphatic heterocycles. The predicted octanol–water partition coefficient (Wildman–Crippen LogP) is 4.00. The smallest absolute Gasteiger partial charge is 0.119 e. The number of rotatable bonds is 6. The van der Waals surface area contributed by atoms with Crippen LogP contribution in [0.4, 0.5) is 0 Å². The molecule has 0 radical (unpaired) electrons. The zero-order valence-corrected chi connectivity index (χ0v) is 18.1. The van der Waals surface area contributed by atoms with Gasteiger partial charge in [0.05, 0.1) is 12.2 Å². The van der Waals surface area contributed by atoms with E-state index >= 15 is 0 Å². The molecule has 1 aromatic carbocycles. The lowest BCUT2D eigenvalue weighted by Gasteiger charge is -2.57. The highest BCUT2D eigenvalue weighted by atomic mass is 16.5. The third-order valence-electron chi connectivity index (χ3n) is 7.91. The molecule has 6 rings (SSSR count). The molecule has 0 spiro atoms. The molecule has 3 atom stereocenters. The normalized spacial score (nSPS) is 40.2. The molecule has 1 aromatic rings. The number of hydrogen-bond donors (Lipinski definition) is 1. The Morgan fingerprint density at radius 1 is 1.00 bits per heavy atom. The van der Waals surface area contributed by atoms with Gasteiger partial charge in [-0.15, -0.1) is 0 Å². The summed E-state index contributed by atoms with van der Waals surface area (Å²) in [5.41, 5.74) is 1.97. The summed E-state index contributed by atoms with van der Waals surface area (Å²) in [4.78, 5) is 2.28. The minimum atomic E-state index is -0.477. The van der Waals surface area contributed by atoms with Crippen LogP contribution in [0.15, 0.2) is 24.3 Å². The number of benzene rings is 1. The minimum absolute atomic E-state index is 0.226. The van der Waals surface area contributed by atoms with Crippen molar-refractivity contribution < 1.29 is 14.6 Å². The number of hydrogen-bond acceptors (Lipinski definition) is 4. The summed E-state index contributed by atoms with van der Waals surface area (Å²) in [6.07, 6.45) is 8.62. The van der Waals surface area contributed by atoms with Crippen molar-refractivity contribution in [2.24, 2.45) is 17.8 Å².